The van der Waals surface area contributed by atoms with E-state index in [4.69, 9.17) is 4.74 Å². The molecule has 1 amide bonds. The first-order valence-corrected chi connectivity index (χ1v) is 5.09. The molecule has 0 heterocycles. The highest BCUT2D eigenvalue weighted by atomic mass is 16.5. The molecule has 0 aromatic rings. The summed E-state index contributed by atoms with van der Waals surface area (Å²) in [7, 11) is 1.62. The number of ether oxygens (including phenoxy) is 1. The fourth-order valence-corrected chi connectivity index (χ4v) is 1.10. The van der Waals surface area contributed by atoms with E-state index in [1.165, 1.54) is 0 Å². The predicted octanol–water partition coefficient (Wildman–Crippen LogP) is 0.141. The molecule has 0 rings (SSSR count). The van der Waals surface area contributed by atoms with Gasteiger partial charge in [-0.15, -0.1) is 11.8 Å². The van der Waals surface area contributed by atoms with Gasteiger partial charge in [0.15, 0.2) is 0 Å². The largest absolute Gasteiger partial charge is 0.383 e. The van der Waals surface area contributed by atoms with Gasteiger partial charge in [-0.1, -0.05) is 0 Å². The average molecular weight is 212 g/mol. The molecule has 0 radical (unpaired) electrons. The number of carbonyl (C=O) groups is 1. The Morgan fingerprint density at radius 3 is 2.87 bits per heavy atom. The van der Waals surface area contributed by atoms with Crippen molar-refractivity contribution in [2.24, 2.45) is 0 Å². The summed E-state index contributed by atoms with van der Waals surface area (Å²) < 4.78 is 4.91. The van der Waals surface area contributed by atoms with Gasteiger partial charge in [-0.25, -0.2) is 0 Å². The molecule has 0 aliphatic rings. The maximum atomic E-state index is 11.3. The van der Waals surface area contributed by atoms with Crippen molar-refractivity contribution >= 4 is 5.91 Å². The highest BCUT2D eigenvalue weighted by molar-refractivity contribution is 5.78. The second-order valence-corrected chi connectivity index (χ2v) is 3.28. The zero-order valence-corrected chi connectivity index (χ0v) is 9.72. The van der Waals surface area contributed by atoms with E-state index in [1.54, 1.807) is 14.0 Å². The molecule has 86 valence electrons. The van der Waals surface area contributed by atoms with Crippen molar-refractivity contribution in [3.63, 3.8) is 0 Å². The van der Waals surface area contributed by atoms with Crippen LogP contribution < -0.4 is 10.6 Å². The van der Waals surface area contributed by atoms with E-state index in [1.807, 2.05) is 6.92 Å². The minimum absolute atomic E-state index is 0.0102. The summed E-state index contributed by atoms with van der Waals surface area (Å²) in [4.78, 5) is 11.3. The second-order valence-electron chi connectivity index (χ2n) is 3.28. The van der Waals surface area contributed by atoms with Gasteiger partial charge in [0.05, 0.1) is 13.2 Å². The molecule has 15 heavy (non-hydrogen) atoms. The molecule has 1 unspecified atom stereocenters. The average Bonchev–Trinajstić information content (AvgIpc) is 2.17. The van der Waals surface area contributed by atoms with Gasteiger partial charge in [0.2, 0.25) is 5.91 Å². The van der Waals surface area contributed by atoms with Crippen LogP contribution in [0.2, 0.25) is 0 Å². The number of hydrogen-bond donors (Lipinski definition) is 2. The molecule has 4 heteroatoms. The SMILES string of the molecule is CC#CCCNCC(=O)NC(C)COC. The van der Waals surface area contributed by atoms with E-state index in [0.29, 0.717) is 13.2 Å². The van der Waals surface area contributed by atoms with Gasteiger partial charge < -0.3 is 15.4 Å². The van der Waals surface area contributed by atoms with Crippen LogP contribution >= 0.6 is 0 Å². The summed E-state index contributed by atoms with van der Waals surface area (Å²) in [5.41, 5.74) is 0. The van der Waals surface area contributed by atoms with Crippen LogP contribution in [-0.4, -0.2) is 38.8 Å². The van der Waals surface area contributed by atoms with Gasteiger partial charge in [-0.3, -0.25) is 4.79 Å². The Labute approximate surface area is 91.8 Å². The lowest BCUT2D eigenvalue weighted by Gasteiger charge is -2.12. The fourth-order valence-electron chi connectivity index (χ4n) is 1.10. The number of nitrogens with one attached hydrogen (secondary N) is 2. The number of amides is 1. The summed E-state index contributed by atoms with van der Waals surface area (Å²) in [5.74, 6) is 5.71. The molecular formula is C11H20N2O2. The molecule has 0 aromatic carbocycles. The smallest absolute Gasteiger partial charge is 0.234 e. The molecule has 0 saturated heterocycles. The molecule has 0 saturated carbocycles. The molecule has 0 aromatic heterocycles. The minimum atomic E-state index is -0.0102. The van der Waals surface area contributed by atoms with E-state index in [-0.39, 0.29) is 11.9 Å². The van der Waals surface area contributed by atoms with Gasteiger partial charge >= 0.3 is 0 Å². The third kappa shape index (κ3) is 9.26. The Bertz CT molecular complexity index is 230. The first-order chi connectivity index (χ1) is 7.20. The molecule has 0 spiro atoms. The van der Waals surface area contributed by atoms with Crippen LogP contribution in [0.1, 0.15) is 20.3 Å². The van der Waals surface area contributed by atoms with Crippen molar-refractivity contribution in [3.8, 4) is 11.8 Å². The third-order valence-electron chi connectivity index (χ3n) is 1.71. The monoisotopic (exact) mass is 212 g/mol. The van der Waals surface area contributed by atoms with Crippen LogP contribution in [0.4, 0.5) is 0 Å². The lowest BCUT2D eigenvalue weighted by molar-refractivity contribution is -0.121. The van der Waals surface area contributed by atoms with Crippen molar-refractivity contribution in [2.75, 3.05) is 26.8 Å². The van der Waals surface area contributed by atoms with Crippen molar-refractivity contribution in [1.29, 1.82) is 0 Å². The molecule has 4 nitrogen and oxygen atoms in total. The van der Waals surface area contributed by atoms with E-state index < -0.39 is 0 Å². The summed E-state index contributed by atoms with van der Waals surface area (Å²) in [6.45, 7) is 5.32. The zero-order chi connectivity index (χ0) is 11.5. The van der Waals surface area contributed by atoms with Crippen LogP contribution in [-0.2, 0) is 9.53 Å². The summed E-state index contributed by atoms with van der Waals surface area (Å²) in [6, 6.07) is 0.0553. The van der Waals surface area contributed by atoms with Crippen molar-refractivity contribution in [1.82, 2.24) is 10.6 Å². The van der Waals surface area contributed by atoms with E-state index in [9.17, 15) is 4.79 Å². The molecule has 0 bridgehead atoms. The summed E-state index contributed by atoms with van der Waals surface area (Å²) in [5, 5.41) is 5.82. The maximum Gasteiger partial charge on any atom is 0.234 e. The molecule has 0 fully saturated rings. The van der Waals surface area contributed by atoms with Crippen molar-refractivity contribution in [3.05, 3.63) is 0 Å². The molecule has 1 atom stereocenters. The van der Waals surface area contributed by atoms with Gasteiger partial charge in [-0.05, 0) is 13.8 Å². The first kappa shape index (κ1) is 13.9. The number of rotatable bonds is 7. The molecule has 0 aliphatic carbocycles. The Morgan fingerprint density at radius 2 is 2.27 bits per heavy atom. The predicted molar refractivity (Wildman–Crippen MR) is 60.4 cm³/mol. The van der Waals surface area contributed by atoms with Gasteiger partial charge in [0.1, 0.15) is 0 Å². The highest BCUT2D eigenvalue weighted by Crippen LogP contribution is 1.81. The lowest BCUT2D eigenvalue weighted by atomic mass is 10.3. The maximum absolute atomic E-state index is 11.3. The van der Waals surface area contributed by atoms with Crippen LogP contribution in [0.3, 0.4) is 0 Å². The van der Waals surface area contributed by atoms with E-state index >= 15 is 0 Å². The Balaban J connectivity index is 3.43. The standard InChI is InChI=1S/C11H20N2O2/c1-4-5-6-7-12-8-11(14)13-10(2)9-15-3/h10,12H,6-9H2,1-3H3,(H,13,14). The van der Waals surface area contributed by atoms with E-state index in [2.05, 4.69) is 22.5 Å². The third-order valence-corrected chi connectivity index (χ3v) is 1.71. The highest BCUT2D eigenvalue weighted by Gasteiger charge is 2.05. The van der Waals surface area contributed by atoms with Crippen molar-refractivity contribution < 1.29 is 9.53 Å². The Hall–Kier alpha value is -1.05. The zero-order valence-electron chi connectivity index (χ0n) is 9.72. The topological polar surface area (TPSA) is 50.4 Å². The van der Waals surface area contributed by atoms with Crippen LogP contribution in [0.25, 0.3) is 0 Å². The normalized spacial score (nSPS) is 11.4. The summed E-state index contributed by atoms with van der Waals surface area (Å²) >= 11 is 0. The van der Waals surface area contributed by atoms with Crippen LogP contribution in [0, 0.1) is 11.8 Å². The number of carbonyl (C=O) groups excluding carboxylic acids is 1. The van der Waals surface area contributed by atoms with Crippen LogP contribution in [0.5, 0.6) is 0 Å². The number of methoxy groups -OCH3 is 1. The summed E-state index contributed by atoms with van der Waals surface area (Å²) in [6.07, 6.45) is 0.775. The first-order valence-electron chi connectivity index (χ1n) is 5.09. The van der Waals surface area contributed by atoms with Crippen molar-refractivity contribution in [2.45, 2.75) is 26.3 Å². The van der Waals surface area contributed by atoms with Gasteiger partial charge in [0.25, 0.3) is 0 Å². The Kier molecular flexibility index (Phi) is 8.84. The van der Waals surface area contributed by atoms with Gasteiger partial charge in [0, 0.05) is 26.1 Å². The lowest BCUT2D eigenvalue weighted by Crippen LogP contribution is -2.41. The second kappa shape index (κ2) is 9.50. The fraction of sp³-hybridized carbons (Fsp3) is 0.727. The van der Waals surface area contributed by atoms with Crippen LogP contribution in [0.15, 0.2) is 0 Å². The minimum Gasteiger partial charge on any atom is -0.383 e. The van der Waals surface area contributed by atoms with E-state index in [0.717, 1.165) is 13.0 Å². The Morgan fingerprint density at radius 1 is 1.53 bits per heavy atom. The molecule has 0 aliphatic heterocycles. The molecule has 2 N–H and O–H groups in total. The van der Waals surface area contributed by atoms with Gasteiger partial charge in [-0.2, -0.15) is 0 Å². The number of hydrogen-bond acceptors (Lipinski definition) is 3. The molecular weight excluding hydrogens is 192 g/mol. The quantitative estimate of drug-likeness (QED) is 0.466.